The van der Waals surface area contributed by atoms with Gasteiger partial charge in [-0.25, -0.2) is 5.48 Å². The monoisotopic (exact) mass is 130 g/mol. The summed E-state index contributed by atoms with van der Waals surface area (Å²) in [4.78, 5) is 15.2. The highest BCUT2D eigenvalue weighted by Crippen LogP contribution is 2.31. The molecule has 0 saturated heterocycles. The van der Waals surface area contributed by atoms with Gasteiger partial charge in [0.1, 0.15) is 0 Å². The molecule has 1 fully saturated rings. The van der Waals surface area contributed by atoms with Gasteiger partial charge in [0.25, 0.3) is 5.91 Å². The lowest BCUT2D eigenvalue weighted by atomic mass is 10.3. The molecular weight excluding hydrogens is 120 g/mol. The summed E-state index contributed by atoms with van der Waals surface area (Å²) in [7, 11) is 1.39. The largest absolute Gasteiger partial charge is 0.317 e. The molecule has 0 spiro atoms. The first kappa shape index (κ1) is 6.51. The maximum absolute atomic E-state index is 10.8. The Morgan fingerprint density at radius 1 is 1.78 bits per heavy atom. The number of nitrogens with two attached hydrogens (primary N) is 1. The topological polar surface area (TPSA) is 64.3 Å². The predicted molar refractivity (Wildman–Crippen MR) is 31.3 cm³/mol. The third-order valence-electron chi connectivity index (χ3n) is 1.44. The molecule has 0 unspecified atom stereocenters. The first-order valence-electron chi connectivity index (χ1n) is 2.81. The molecule has 1 rings (SSSR count). The fourth-order valence-electron chi connectivity index (χ4n) is 0.556. The molecule has 0 aromatic heterocycles. The van der Waals surface area contributed by atoms with Crippen LogP contribution in [0.1, 0.15) is 12.8 Å². The van der Waals surface area contributed by atoms with Crippen LogP contribution in [0, 0.1) is 0 Å². The Morgan fingerprint density at radius 3 is 2.67 bits per heavy atom. The van der Waals surface area contributed by atoms with E-state index in [0.717, 1.165) is 12.8 Å². The molecule has 1 aliphatic rings. The van der Waals surface area contributed by atoms with Crippen LogP contribution in [0.3, 0.4) is 0 Å². The molecule has 0 heterocycles. The highest BCUT2D eigenvalue weighted by atomic mass is 16.6. The molecule has 0 bridgehead atoms. The summed E-state index contributed by atoms with van der Waals surface area (Å²) in [5.74, 6) is -0.218. The number of carbonyl (C=O) groups excluding carboxylic acids is 1. The number of rotatable bonds is 2. The van der Waals surface area contributed by atoms with Crippen LogP contribution < -0.4 is 11.2 Å². The molecule has 1 amide bonds. The summed E-state index contributed by atoms with van der Waals surface area (Å²) < 4.78 is 0. The summed E-state index contributed by atoms with van der Waals surface area (Å²) in [5, 5.41) is 0. The smallest absolute Gasteiger partial charge is 0.263 e. The molecule has 4 heteroatoms. The fourth-order valence-corrected chi connectivity index (χ4v) is 0.556. The van der Waals surface area contributed by atoms with Crippen molar-refractivity contribution in [3.05, 3.63) is 0 Å². The molecular formula is C5H10N2O2. The second kappa shape index (κ2) is 1.97. The van der Waals surface area contributed by atoms with E-state index in [0.29, 0.717) is 0 Å². The second-order valence-corrected chi connectivity index (χ2v) is 2.29. The molecule has 1 aliphatic carbocycles. The summed E-state index contributed by atoms with van der Waals surface area (Å²) in [5.41, 5.74) is 7.05. The highest BCUT2D eigenvalue weighted by Gasteiger charge is 2.46. The van der Waals surface area contributed by atoms with Gasteiger partial charge in [0, 0.05) is 0 Å². The molecule has 0 aromatic carbocycles. The van der Waals surface area contributed by atoms with E-state index in [1.807, 2.05) is 0 Å². The molecule has 0 aromatic rings. The van der Waals surface area contributed by atoms with Crippen molar-refractivity contribution < 1.29 is 9.63 Å². The molecule has 0 atom stereocenters. The Kier molecular flexibility index (Phi) is 1.42. The minimum atomic E-state index is -0.615. The number of hydroxylamine groups is 1. The molecule has 0 aliphatic heterocycles. The summed E-state index contributed by atoms with van der Waals surface area (Å²) in [6, 6.07) is 0. The van der Waals surface area contributed by atoms with Crippen LogP contribution in [-0.2, 0) is 9.63 Å². The third kappa shape index (κ3) is 1.20. The van der Waals surface area contributed by atoms with E-state index >= 15 is 0 Å². The summed E-state index contributed by atoms with van der Waals surface area (Å²) in [6.07, 6.45) is 1.53. The van der Waals surface area contributed by atoms with Crippen molar-refractivity contribution in [2.45, 2.75) is 18.4 Å². The Morgan fingerprint density at radius 2 is 2.33 bits per heavy atom. The number of hydrogen-bond donors (Lipinski definition) is 2. The van der Waals surface area contributed by atoms with Gasteiger partial charge in [-0.15, -0.1) is 0 Å². The van der Waals surface area contributed by atoms with Gasteiger partial charge in [0.2, 0.25) is 0 Å². The van der Waals surface area contributed by atoms with Crippen molar-refractivity contribution in [2.75, 3.05) is 7.11 Å². The van der Waals surface area contributed by atoms with Crippen LogP contribution in [0.2, 0.25) is 0 Å². The van der Waals surface area contributed by atoms with Crippen LogP contribution in [-0.4, -0.2) is 18.6 Å². The minimum Gasteiger partial charge on any atom is -0.317 e. The van der Waals surface area contributed by atoms with Crippen molar-refractivity contribution in [3.63, 3.8) is 0 Å². The standard InChI is InChI=1S/C5H10N2O2/c1-9-7-4(8)5(6)2-3-5/h2-3,6H2,1H3,(H,7,8). The van der Waals surface area contributed by atoms with Crippen LogP contribution in [0.4, 0.5) is 0 Å². The lowest BCUT2D eigenvalue weighted by Gasteiger charge is -2.05. The quantitative estimate of drug-likeness (QED) is 0.479. The van der Waals surface area contributed by atoms with Gasteiger partial charge in [-0.1, -0.05) is 0 Å². The van der Waals surface area contributed by atoms with E-state index in [-0.39, 0.29) is 5.91 Å². The third-order valence-corrected chi connectivity index (χ3v) is 1.44. The zero-order valence-electron chi connectivity index (χ0n) is 5.31. The van der Waals surface area contributed by atoms with Gasteiger partial charge in [-0.05, 0) is 12.8 Å². The molecule has 0 radical (unpaired) electrons. The first-order valence-corrected chi connectivity index (χ1v) is 2.81. The predicted octanol–water partition coefficient (Wildman–Crippen LogP) is -0.845. The number of nitrogens with one attached hydrogen (secondary N) is 1. The van der Waals surface area contributed by atoms with Gasteiger partial charge in [-0.3, -0.25) is 9.63 Å². The molecule has 4 nitrogen and oxygen atoms in total. The van der Waals surface area contributed by atoms with Crippen LogP contribution in [0.15, 0.2) is 0 Å². The van der Waals surface area contributed by atoms with Crippen molar-refractivity contribution in [1.82, 2.24) is 5.48 Å². The van der Waals surface area contributed by atoms with E-state index < -0.39 is 5.54 Å². The minimum absolute atomic E-state index is 0.218. The maximum Gasteiger partial charge on any atom is 0.263 e. The van der Waals surface area contributed by atoms with Crippen molar-refractivity contribution in [3.8, 4) is 0 Å². The Bertz CT molecular complexity index is 131. The normalized spacial score (nSPS) is 21.1. The highest BCUT2D eigenvalue weighted by molar-refractivity contribution is 5.88. The van der Waals surface area contributed by atoms with E-state index in [2.05, 4.69) is 10.3 Å². The van der Waals surface area contributed by atoms with Gasteiger partial charge < -0.3 is 5.73 Å². The summed E-state index contributed by atoms with van der Waals surface area (Å²) in [6.45, 7) is 0. The Balaban J connectivity index is 2.34. The lowest BCUT2D eigenvalue weighted by molar-refractivity contribution is -0.133. The molecule has 1 saturated carbocycles. The number of carbonyl (C=O) groups is 1. The summed E-state index contributed by atoms with van der Waals surface area (Å²) >= 11 is 0. The van der Waals surface area contributed by atoms with E-state index in [1.54, 1.807) is 0 Å². The molecule has 52 valence electrons. The van der Waals surface area contributed by atoms with Crippen molar-refractivity contribution in [2.24, 2.45) is 5.73 Å². The van der Waals surface area contributed by atoms with Crippen LogP contribution in [0.25, 0.3) is 0 Å². The van der Waals surface area contributed by atoms with Gasteiger partial charge >= 0.3 is 0 Å². The van der Waals surface area contributed by atoms with Gasteiger partial charge in [0.05, 0.1) is 12.6 Å². The number of amides is 1. The maximum atomic E-state index is 10.8. The van der Waals surface area contributed by atoms with E-state index in [9.17, 15) is 4.79 Å². The molecule has 9 heavy (non-hydrogen) atoms. The SMILES string of the molecule is CONC(=O)C1(N)CC1. The molecule has 3 N–H and O–H groups in total. The van der Waals surface area contributed by atoms with E-state index in [4.69, 9.17) is 5.73 Å². The van der Waals surface area contributed by atoms with Crippen molar-refractivity contribution >= 4 is 5.91 Å². The zero-order valence-corrected chi connectivity index (χ0v) is 5.31. The zero-order chi connectivity index (χ0) is 6.91. The van der Waals surface area contributed by atoms with Crippen molar-refractivity contribution in [1.29, 1.82) is 0 Å². The Labute approximate surface area is 53.3 Å². The second-order valence-electron chi connectivity index (χ2n) is 2.29. The van der Waals surface area contributed by atoms with Gasteiger partial charge in [-0.2, -0.15) is 0 Å². The lowest BCUT2D eigenvalue weighted by Crippen LogP contribution is -2.42. The van der Waals surface area contributed by atoms with E-state index in [1.165, 1.54) is 7.11 Å². The Hall–Kier alpha value is -0.610. The van der Waals surface area contributed by atoms with Crippen LogP contribution >= 0.6 is 0 Å². The fraction of sp³-hybridized carbons (Fsp3) is 0.800. The average molecular weight is 130 g/mol. The van der Waals surface area contributed by atoms with Crippen LogP contribution in [0.5, 0.6) is 0 Å². The van der Waals surface area contributed by atoms with Gasteiger partial charge in [0.15, 0.2) is 0 Å². The number of hydrogen-bond acceptors (Lipinski definition) is 3. The average Bonchev–Trinajstić information content (AvgIpc) is 2.50. The first-order chi connectivity index (χ1) is 4.19.